The Hall–Kier alpha value is -1.41. The minimum atomic E-state index is -0.232. The van der Waals surface area contributed by atoms with Gasteiger partial charge in [-0.05, 0) is 41.8 Å². The van der Waals surface area contributed by atoms with Crippen molar-refractivity contribution in [2.45, 2.75) is 6.92 Å². The summed E-state index contributed by atoms with van der Waals surface area (Å²) in [5.41, 5.74) is 4.03. The Morgan fingerprint density at radius 1 is 1.12 bits per heavy atom. The summed E-state index contributed by atoms with van der Waals surface area (Å²) in [6.07, 6.45) is 0. The molecule has 0 unspecified atom stereocenters. The summed E-state index contributed by atoms with van der Waals surface area (Å²) >= 11 is 3.51. The van der Waals surface area contributed by atoms with E-state index < -0.39 is 0 Å². The molecule has 0 N–H and O–H groups in total. The van der Waals surface area contributed by atoms with E-state index in [-0.39, 0.29) is 5.82 Å². The minimum absolute atomic E-state index is 0.232. The molecule has 0 aromatic heterocycles. The molecule has 2 rings (SSSR count). The highest BCUT2D eigenvalue weighted by molar-refractivity contribution is 9.10. The maximum absolute atomic E-state index is 12.9. The van der Waals surface area contributed by atoms with Gasteiger partial charge in [-0.1, -0.05) is 52.3 Å². The van der Waals surface area contributed by atoms with E-state index in [0.29, 0.717) is 0 Å². The second kappa shape index (κ2) is 4.84. The van der Waals surface area contributed by atoms with Gasteiger partial charge in [-0.3, -0.25) is 0 Å². The predicted molar refractivity (Wildman–Crippen MR) is 73.4 cm³/mol. The molecule has 2 aromatic carbocycles. The lowest BCUT2D eigenvalue weighted by molar-refractivity contribution is 0.627. The van der Waals surface area contributed by atoms with Gasteiger partial charge in [0.2, 0.25) is 0 Å². The van der Waals surface area contributed by atoms with Crippen molar-refractivity contribution in [2.24, 2.45) is 0 Å². The number of hydrogen-bond acceptors (Lipinski definition) is 0. The lowest BCUT2D eigenvalue weighted by Crippen LogP contribution is -1.89. The number of hydrogen-bond donors (Lipinski definition) is 0. The van der Waals surface area contributed by atoms with E-state index in [1.807, 2.05) is 19.1 Å². The molecule has 0 amide bonds. The van der Waals surface area contributed by atoms with Crippen molar-refractivity contribution in [2.75, 3.05) is 0 Å². The van der Waals surface area contributed by atoms with E-state index in [1.165, 1.54) is 17.7 Å². The zero-order valence-electron chi connectivity index (χ0n) is 9.50. The van der Waals surface area contributed by atoms with Crippen LogP contribution in [-0.2, 0) is 0 Å². The zero-order chi connectivity index (χ0) is 12.4. The summed E-state index contributed by atoms with van der Waals surface area (Å²) in [5.74, 6) is -0.232. The van der Waals surface area contributed by atoms with E-state index in [4.69, 9.17) is 0 Å². The van der Waals surface area contributed by atoms with E-state index in [9.17, 15) is 4.39 Å². The summed E-state index contributed by atoms with van der Waals surface area (Å²) in [6, 6.07) is 12.5. The normalized spacial score (nSPS) is 10.3. The van der Waals surface area contributed by atoms with Crippen LogP contribution >= 0.6 is 15.9 Å². The molecule has 0 saturated heterocycles. The zero-order valence-corrected chi connectivity index (χ0v) is 11.1. The van der Waals surface area contributed by atoms with Crippen LogP contribution in [0.3, 0.4) is 0 Å². The maximum Gasteiger partial charge on any atom is 0.123 e. The van der Waals surface area contributed by atoms with Gasteiger partial charge in [0.15, 0.2) is 0 Å². The SMILES string of the molecule is C=C(c1ccc(F)cc1)c1cc(C)ccc1Br. The highest BCUT2D eigenvalue weighted by Gasteiger charge is 2.06. The quantitative estimate of drug-likeness (QED) is 0.733. The van der Waals surface area contributed by atoms with Crippen molar-refractivity contribution in [1.82, 2.24) is 0 Å². The Balaban J connectivity index is 2.43. The standard InChI is InChI=1S/C15H12BrF/c1-10-3-8-15(16)14(9-10)11(2)12-4-6-13(17)7-5-12/h3-9H,2H2,1H3. The summed E-state index contributed by atoms with van der Waals surface area (Å²) in [4.78, 5) is 0. The number of aryl methyl sites for hydroxylation is 1. The fourth-order valence-electron chi connectivity index (χ4n) is 1.68. The molecule has 0 spiro atoms. The molecular formula is C15H12BrF. The third kappa shape index (κ3) is 2.64. The Morgan fingerprint density at radius 2 is 1.76 bits per heavy atom. The topological polar surface area (TPSA) is 0 Å². The molecule has 0 aliphatic heterocycles. The van der Waals surface area contributed by atoms with Gasteiger partial charge in [0.1, 0.15) is 5.82 Å². The van der Waals surface area contributed by atoms with Crippen LogP contribution in [0.25, 0.3) is 5.57 Å². The first-order valence-electron chi connectivity index (χ1n) is 5.29. The van der Waals surface area contributed by atoms with Crippen LogP contribution in [0.5, 0.6) is 0 Å². The van der Waals surface area contributed by atoms with Crippen molar-refractivity contribution in [3.63, 3.8) is 0 Å². The number of rotatable bonds is 2. The van der Waals surface area contributed by atoms with Crippen molar-refractivity contribution in [3.8, 4) is 0 Å². The third-order valence-corrected chi connectivity index (χ3v) is 3.33. The first-order valence-corrected chi connectivity index (χ1v) is 6.08. The second-order valence-corrected chi connectivity index (χ2v) is 4.82. The summed E-state index contributed by atoms with van der Waals surface area (Å²) < 4.78 is 13.9. The Kier molecular flexibility index (Phi) is 3.43. The first-order chi connectivity index (χ1) is 8.08. The molecule has 0 atom stereocenters. The Bertz CT molecular complexity index is 556. The predicted octanol–water partition coefficient (Wildman–Crippen LogP) is 4.96. The lowest BCUT2D eigenvalue weighted by atomic mass is 9.98. The third-order valence-electron chi connectivity index (χ3n) is 2.64. The smallest absolute Gasteiger partial charge is 0.123 e. The fourth-order valence-corrected chi connectivity index (χ4v) is 2.16. The molecule has 0 saturated carbocycles. The summed E-state index contributed by atoms with van der Waals surface area (Å²) in [6.45, 7) is 6.11. The van der Waals surface area contributed by atoms with Gasteiger partial charge in [0.25, 0.3) is 0 Å². The molecule has 0 aliphatic carbocycles. The van der Waals surface area contributed by atoms with E-state index in [1.54, 1.807) is 12.1 Å². The average Bonchev–Trinajstić information content (AvgIpc) is 2.32. The van der Waals surface area contributed by atoms with Gasteiger partial charge in [-0.25, -0.2) is 4.39 Å². The Morgan fingerprint density at radius 3 is 2.41 bits per heavy atom. The summed E-state index contributed by atoms with van der Waals surface area (Å²) in [5, 5.41) is 0. The van der Waals surface area contributed by atoms with Gasteiger partial charge in [-0.2, -0.15) is 0 Å². The van der Waals surface area contributed by atoms with Gasteiger partial charge in [0, 0.05) is 4.47 Å². The van der Waals surface area contributed by atoms with Crippen molar-refractivity contribution in [3.05, 3.63) is 76.0 Å². The highest BCUT2D eigenvalue weighted by atomic mass is 79.9. The second-order valence-electron chi connectivity index (χ2n) is 3.97. The van der Waals surface area contributed by atoms with Gasteiger partial charge in [0.05, 0.1) is 0 Å². The largest absolute Gasteiger partial charge is 0.207 e. The molecule has 0 heterocycles. The molecule has 2 aromatic rings. The van der Waals surface area contributed by atoms with Crippen molar-refractivity contribution < 1.29 is 4.39 Å². The van der Waals surface area contributed by atoms with Crippen LogP contribution in [0.4, 0.5) is 4.39 Å². The van der Waals surface area contributed by atoms with Crippen LogP contribution in [0, 0.1) is 12.7 Å². The fraction of sp³-hybridized carbons (Fsp3) is 0.0667. The lowest BCUT2D eigenvalue weighted by Gasteiger charge is -2.09. The molecular weight excluding hydrogens is 279 g/mol. The van der Waals surface area contributed by atoms with Gasteiger partial charge in [-0.15, -0.1) is 0 Å². The van der Waals surface area contributed by atoms with Crippen LogP contribution in [-0.4, -0.2) is 0 Å². The summed E-state index contributed by atoms with van der Waals surface area (Å²) in [7, 11) is 0. The first kappa shape index (κ1) is 12.1. The van der Waals surface area contributed by atoms with Crippen LogP contribution in [0.15, 0.2) is 53.5 Å². The van der Waals surface area contributed by atoms with Crippen LogP contribution in [0.2, 0.25) is 0 Å². The Labute approximate surface area is 109 Å². The minimum Gasteiger partial charge on any atom is -0.207 e. The molecule has 0 radical (unpaired) electrons. The van der Waals surface area contributed by atoms with Crippen molar-refractivity contribution in [1.29, 1.82) is 0 Å². The van der Waals surface area contributed by atoms with Crippen molar-refractivity contribution >= 4 is 21.5 Å². The molecule has 0 fully saturated rings. The van der Waals surface area contributed by atoms with E-state index in [0.717, 1.165) is 21.2 Å². The van der Waals surface area contributed by atoms with Crippen LogP contribution < -0.4 is 0 Å². The maximum atomic E-state index is 12.9. The molecule has 0 nitrogen and oxygen atoms in total. The van der Waals surface area contributed by atoms with Gasteiger partial charge >= 0.3 is 0 Å². The average molecular weight is 291 g/mol. The molecule has 17 heavy (non-hydrogen) atoms. The van der Waals surface area contributed by atoms with E-state index in [2.05, 4.69) is 28.6 Å². The number of halogens is 2. The van der Waals surface area contributed by atoms with Gasteiger partial charge < -0.3 is 0 Å². The monoisotopic (exact) mass is 290 g/mol. The molecule has 86 valence electrons. The molecule has 0 bridgehead atoms. The highest BCUT2D eigenvalue weighted by Crippen LogP contribution is 2.29. The van der Waals surface area contributed by atoms with E-state index >= 15 is 0 Å². The molecule has 2 heteroatoms. The van der Waals surface area contributed by atoms with Crippen LogP contribution in [0.1, 0.15) is 16.7 Å². The number of benzene rings is 2. The molecule has 0 aliphatic rings.